The first-order chi connectivity index (χ1) is 7.14. The predicted octanol–water partition coefficient (Wildman–Crippen LogP) is 2.91. The summed E-state index contributed by atoms with van der Waals surface area (Å²) in [5.74, 6) is 0. The molecule has 0 aliphatic heterocycles. The van der Waals surface area contributed by atoms with Gasteiger partial charge in [-0.25, -0.2) is 0 Å². The Balaban J connectivity index is 4.04. The van der Waals surface area contributed by atoms with Gasteiger partial charge >= 0.3 is 0 Å². The van der Waals surface area contributed by atoms with Crippen LogP contribution >= 0.6 is 0 Å². The van der Waals surface area contributed by atoms with Crippen molar-refractivity contribution in [1.82, 2.24) is 10.2 Å². The molecule has 1 atom stereocenters. The Hall–Kier alpha value is -0.340. The fourth-order valence-electron chi connectivity index (χ4n) is 1.56. The molecule has 0 rings (SSSR count). The number of hydrogen-bond donors (Lipinski definition) is 1. The SMILES string of the molecule is C=C(CNC(C)C)CN(C)C(C)C(C)(C)C. The zero-order valence-electron chi connectivity index (χ0n) is 12.2. The van der Waals surface area contributed by atoms with Crippen LogP contribution in [0.3, 0.4) is 0 Å². The van der Waals surface area contributed by atoms with E-state index in [0.717, 1.165) is 13.1 Å². The van der Waals surface area contributed by atoms with Crippen LogP contribution in [0.1, 0.15) is 41.5 Å². The maximum absolute atomic E-state index is 4.13. The van der Waals surface area contributed by atoms with Gasteiger partial charge < -0.3 is 5.32 Å². The summed E-state index contributed by atoms with van der Waals surface area (Å²) in [7, 11) is 2.18. The van der Waals surface area contributed by atoms with Gasteiger partial charge in [-0.2, -0.15) is 0 Å². The molecule has 2 nitrogen and oxygen atoms in total. The lowest BCUT2D eigenvalue weighted by Crippen LogP contribution is -2.41. The minimum atomic E-state index is 0.320. The molecule has 0 amide bonds. The quantitative estimate of drug-likeness (QED) is 0.701. The van der Waals surface area contributed by atoms with E-state index in [1.807, 2.05) is 0 Å². The molecule has 96 valence electrons. The van der Waals surface area contributed by atoms with E-state index in [1.54, 1.807) is 0 Å². The monoisotopic (exact) mass is 226 g/mol. The molecule has 0 fully saturated rings. The number of hydrogen-bond acceptors (Lipinski definition) is 2. The summed E-state index contributed by atoms with van der Waals surface area (Å²) in [6.45, 7) is 19.5. The van der Waals surface area contributed by atoms with Gasteiger partial charge in [0.2, 0.25) is 0 Å². The molecule has 0 saturated heterocycles. The molecule has 0 bridgehead atoms. The molecular formula is C14H30N2. The average molecular weight is 226 g/mol. The van der Waals surface area contributed by atoms with Crippen LogP contribution in [0.15, 0.2) is 12.2 Å². The molecule has 16 heavy (non-hydrogen) atoms. The lowest BCUT2D eigenvalue weighted by atomic mass is 9.87. The molecular weight excluding hydrogens is 196 g/mol. The molecule has 1 N–H and O–H groups in total. The van der Waals surface area contributed by atoms with Gasteiger partial charge in [-0.05, 0) is 25.0 Å². The molecule has 1 unspecified atom stereocenters. The van der Waals surface area contributed by atoms with E-state index in [9.17, 15) is 0 Å². The smallest absolute Gasteiger partial charge is 0.0202 e. The highest BCUT2D eigenvalue weighted by Gasteiger charge is 2.23. The minimum absolute atomic E-state index is 0.320. The Morgan fingerprint density at radius 1 is 1.25 bits per heavy atom. The maximum Gasteiger partial charge on any atom is 0.0202 e. The van der Waals surface area contributed by atoms with E-state index < -0.39 is 0 Å². The Labute approximate surface area is 102 Å². The highest BCUT2D eigenvalue weighted by atomic mass is 15.1. The summed E-state index contributed by atoms with van der Waals surface area (Å²) < 4.78 is 0. The van der Waals surface area contributed by atoms with Crippen LogP contribution in [-0.2, 0) is 0 Å². The molecule has 0 aromatic heterocycles. The highest BCUT2D eigenvalue weighted by molar-refractivity contribution is 5.01. The lowest BCUT2D eigenvalue weighted by Gasteiger charge is -2.35. The van der Waals surface area contributed by atoms with Gasteiger partial charge in [-0.15, -0.1) is 0 Å². The van der Waals surface area contributed by atoms with Crippen LogP contribution in [0.5, 0.6) is 0 Å². The highest BCUT2D eigenvalue weighted by Crippen LogP contribution is 2.23. The van der Waals surface area contributed by atoms with Crippen LogP contribution in [0.4, 0.5) is 0 Å². The van der Waals surface area contributed by atoms with Crippen LogP contribution in [0.2, 0.25) is 0 Å². The third-order valence-electron chi connectivity index (χ3n) is 3.15. The number of rotatable bonds is 6. The van der Waals surface area contributed by atoms with Crippen molar-refractivity contribution in [3.05, 3.63) is 12.2 Å². The van der Waals surface area contributed by atoms with Crippen molar-refractivity contribution in [2.45, 2.75) is 53.6 Å². The molecule has 0 aromatic rings. The number of likely N-dealkylation sites (N-methyl/N-ethyl adjacent to an activating group) is 1. The molecule has 0 heterocycles. The third kappa shape index (κ3) is 6.29. The number of nitrogens with one attached hydrogen (secondary N) is 1. The van der Waals surface area contributed by atoms with Crippen molar-refractivity contribution in [2.75, 3.05) is 20.1 Å². The molecule has 0 aliphatic carbocycles. The Morgan fingerprint density at radius 3 is 2.12 bits per heavy atom. The van der Waals surface area contributed by atoms with Gasteiger partial charge in [0.15, 0.2) is 0 Å². The van der Waals surface area contributed by atoms with Crippen molar-refractivity contribution >= 4 is 0 Å². The molecule has 0 saturated carbocycles. The third-order valence-corrected chi connectivity index (χ3v) is 3.15. The zero-order valence-corrected chi connectivity index (χ0v) is 12.2. The molecule has 0 aliphatic rings. The van der Waals surface area contributed by atoms with Crippen molar-refractivity contribution < 1.29 is 0 Å². The second kappa shape index (κ2) is 6.41. The first kappa shape index (κ1) is 15.7. The van der Waals surface area contributed by atoms with E-state index >= 15 is 0 Å². The summed E-state index contributed by atoms with van der Waals surface area (Å²) in [4.78, 5) is 2.38. The fourth-order valence-corrected chi connectivity index (χ4v) is 1.56. The zero-order chi connectivity index (χ0) is 12.9. The standard InChI is InChI=1S/C14H30N2/c1-11(2)15-9-12(3)10-16(8)13(4)14(5,6)7/h11,13,15H,3,9-10H2,1-2,4-8H3. The summed E-state index contributed by atoms with van der Waals surface area (Å²) in [6.07, 6.45) is 0. The Morgan fingerprint density at radius 2 is 1.75 bits per heavy atom. The van der Waals surface area contributed by atoms with E-state index in [2.05, 4.69) is 65.4 Å². The van der Waals surface area contributed by atoms with Gasteiger partial charge in [0, 0.05) is 25.2 Å². The molecule has 2 heteroatoms. The maximum atomic E-state index is 4.13. The lowest BCUT2D eigenvalue weighted by molar-refractivity contribution is 0.151. The minimum Gasteiger partial charge on any atom is -0.311 e. The van der Waals surface area contributed by atoms with Gasteiger partial charge in [-0.1, -0.05) is 41.2 Å². The second-order valence-corrected chi connectivity index (χ2v) is 6.24. The second-order valence-electron chi connectivity index (χ2n) is 6.24. The first-order valence-electron chi connectivity index (χ1n) is 6.25. The molecule has 0 radical (unpaired) electrons. The van der Waals surface area contributed by atoms with Gasteiger partial charge in [0.25, 0.3) is 0 Å². The fraction of sp³-hybridized carbons (Fsp3) is 0.857. The van der Waals surface area contributed by atoms with Gasteiger partial charge in [-0.3, -0.25) is 4.90 Å². The summed E-state index contributed by atoms with van der Waals surface area (Å²) >= 11 is 0. The summed E-state index contributed by atoms with van der Waals surface area (Å²) in [5.41, 5.74) is 1.58. The normalized spacial score (nSPS) is 14.6. The largest absolute Gasteiger partial charge is 0.311 e. The number of nitrogens with zero attached hydrogens (tertiary/aromatic N) is 1. The summed E-state index contributed by atoms with van der Waals surface area (Å²) in [5, 5.41) is 3.40. The van der Waals surface area contributed by atoms with E-state index in [4.69, 9.17) is 0 Å². The van der Waals surface area contributed by atoms with Gasteiger partial charge in [0.05, 0.1) is 0 Å². The van der Waals surface area contributed by atoms with Crippen LogP contribution in [0, 0.1) is 5.41 Å². The van der Waals surface area contributed by atoms with E-state index in [-0.39, 0.29) is 0 Å². The van der Waals surface area contributed by atoms with Crippen LogP contribution < -0.4 is 5.32 Å². The van der Waals surface area contributed by atoms with Crippen LogP contribution in [0.25, 0.3) is 0 Å². The Bertz CT molecular complexity index is 213. The molecule has 0 spiro atoms. The average Bonchev–Trinajstić information content (AvgIpc) is 2.11. The van der Waals surface area contributed by atoms with Crippen molar-refractivity contribution in [3.8, 4) is 0 Å². The van der Waals surface area contributed by atoms with Crippen molar-refractivity contribution in [2.24, 2.45) is 5.41 Å². The first-order valence-corrected chi connectivity index (χ1v) is 6.25. The molecule has 0 aromatic carbocycles. The van der Waals surface area contributed by atoms with Crippen molar-refractivity contribution in [3.63, 3.8) is 0 Å². The summed E-state index contributed by atoms with van der Waals surface area (Å²) in [6, 6.07) is 1.09. The van der Waals surface area contributed by atoms with Crippen LogP contribution in [-0.4, -0.2) is 37.1 Å². The predicted molar refractivity (Wildman–Crippen MR) is 73.8 cm³/mol. The van der Waals surface area contributed by atoms with E-state index in [0.29, 0.717) is 17.5 Å². The van der Waals surface area contributed by atoms with Crippen molar-refractivity contribution in [1.29, 1.82) is 0 Å². The van der Waals surface area contributed by atoms with Gasteiger partial charge in [0.1, 0.15) is 0 Å². The Kier molecular flexibility index (Phi) is 6.27. The van der Waals surface area contributed by atoms with E-state index in [1.165, 1.54) is 5.57 Å². The topological polar surface area (TPSA) is 15.3 Å².